The molecule has 2 aromatic carbocycles. The van der Waals surface area contributed by atoms with Crippen LogP contribution in [-0.4, -0.2) is 6.54 Å². The summed E-state index contributed by atoms with van der Waals surface area (Å²) >= 11 is 2.22. The van der Waals surface area contributed by atoms with Gasteiger partial charge in [-0.3, -0.25) is 0 Å². The molecule has 0 heterocycles. The maximum atomic E-state index is 13.4. The minimum Gasteiger partial charge on any atom is -0.307 e. The van der Waals surface area contributed by atoms with Crippen LogP contribution in [-0.2, 0) is 0 Å². The number of hydrogen-bond donors (Lipinski definition) is 1. The molecule has 2 rings (SSSR count). The lowest BCUT2D eigenvalue weighted by molar-refractivity contribution is 0.565. The van der Waals surface area contributed by atoms with E-state index < -0.39 is 11.6 Å². The van der Waals surface area contributed by atoms with Crippen molar-refractivity contribution in [1.29, 1.82) is 0 Å². The van der Waals surface area contributed by atoms with Crippen LogP contribution in [0.1, 0.15) is 24.1 Å². The molecule has 0 aliphatic carbocycles. The van der Waals surface area contributed by atoms with Gasteiger partial charge in [-0.15, -0.1) is 0 Å². The van der Waals surface area contributed by atoms with Crippen molar-refractivity contribution in [3.8, 4) is 0 Å². The summed E-state index contributed by atoms with van der Waals surface area (Å²) in [5, 5.41) is 3.26. The minimum atomic E-state index is -0.552. The lowest BCUT2D eigenvalue weighted by Gasteiger charge is -2.19. The van der Waals surface area contributed by atoms with Crippen molar-refractivity contribution < 1.29 is 8.78 Å². The fourth-order valence-corrected chi connectivity index (χ4v) is 2.63. The van der Waals surface area contributed by atoms with E-state index in [1.54, 1.807) is 0 Å². The summed E-state index contributed by atoms with van der Waals surface area (Å²) in [5.41, 5.74) is 1.60. The molecule has 0 bridgehead atoms. The van der Waals surface area contributed by atoms with E-state index in [0.29, 0.717) is 12.1 Å². The standard InChI is InChI=1S/C15H14F2IN/c1-2-19-15(10-4-3-5-14(18)8-10)11-6-12(16)9-13(17)7-11/h3-9,15,19H,2H2,1H3. The fraction of sp³-hybridized carbons (Fsp3) is 0.200. The third-order valence-electron chi connectivity index (χ3n) is 2.81. The first-order valence-electron chi connectivity index (χ1n) is 6.05. The molecule has 1 nitrogen and oxygen atoms in total. The highest BCUT2D eigenvalue weighted by Crippen LogP contribution is 2.24. The van der Waals surface area contributed by atoms with E-state index in [0.717, 1.165) is 15.2 Å². The molecule has 0 fully saturated rings. The average Bonchev–Trinajstić information content (AvgIpc) is 2.34. The molecule has 1 N–H and O–H groups in total. The zero-order chi connectivity index (χ0) is 13.8. The summed E-state index contributed by atoms with van der Waals surface area (Å²) in [6, 6.07) is 11.3. The van der Waals surface area contributed by atoms with E-state index in [4.69, 9.17) is 0 Å². The Hall–Kier alpha value is -1.01. The molecule has 1 atom stereocenters. The second kappa shape index (κ2) is 6.43. The number of rotatable bonds is 4. The van der Waals surface area contributed by atoms with Crippen LogP contribution in [0.25, 0.3) is 0 Å². The van der Waals surface area contributed by atoms with Crippen LogP contribution in [0.4, 0.5) is 8.78 Å². The van der Waals surface area contributed by atoms with Crippen molar-refractivity contribution in [3.05, 3.63) is 68.8 Å². The Bertz CT molecular complexity index is 552. The molecule has 0 aliphatic rings. The van der Waals surface area contributed by atoms with Crippen molar-refractivity contribution in [2.24, 2.45) is 0 Å². The molecular weight excluding hydrogens is 359 g/mol. The summed E-state index contributed by atoms with van der Waals surface area (Å²) in [5.74, 6) is -1.10. The molecule has 0 saturated carbocycles. The van der Waals surface area contributed by atoms with Gasteiger partial charge < -0.3 is 5.32 Å². The molecule has 0 aromatic heterocycles. The van der Waals surface area contributed by atoms with E-state index in [9.17, 15) is 8.78 Å². The molecule has 0 amide bonds. The van der Waals surface area contributed by atoms with Gasteiger partial charge in [-0.25, -0.2) is 8.78 Å². The summed E-state index contributed by atoms with van der Waals surface area (Å²) in [6.07, 6.45) is 0. The predicted molar refractivity (Wildman–Crippen MR) is 81.0 cm³/mol. The van der Waals surface area contributed by atoms with Gasteiger partial charge in [-0.2, -0.15) is 0 Å². The normalized spacial score (nSPS) is 12.4. The highest BCUT2D eigenvalue weighted by Gasteiger charge is 2.15. The summed E-state index contributed by atoms with van der Waals surface area (Å²) in [7, 11) is 0. The molecule has 0 radical (unpaired) electrons. The molecule has 0 aliphatic heterocycles. The first-order chi connectivity index (χ1) is 9.10. The van der Waals surface area contributed by atoms with Crippen LogP contribution < -0.4 is 5.32 Å². The second-order valence-electron chi connectivity index (χ2n) is 4.25. The minimum absolute atomic E-state index is 0.204. The molecule has 4 heteroatoms. The third-order valence-corrected chi connectivity index (χ3v) is 3.48. The quantitative estimate of drug-likeness (QED) is 0.790. The van der Waals surface area contributed by atoms with E-state index in [2.05, 4.69) is 27.9 Å². The van der Waals surface area contributed by atoms with Crippen molar-refractivity contribution in [1.82, 2.24) is 5.32 Å². The average molecular weight is 373 g/mol. The van der Waals surface area contributed by atoms with Gasteiger partial charge in [0.25, 0.3) is 0 Å². The van der Waals surface area contributed by atoms with Gasteiger partial charge in [0, 0.05) is 9.64 Å². The zero-order valence-electron chi connectivity index (χ0n) is 10.5. The topological polar surface area (TPSA) is 12.0 Å². The molecule has 0 saturated heterocycles. The first-order valence-corrected chi connectivity index (χ1v) is 7.13. The van der Waals surface area contributed by atoms with Crippen molar-refractivity contribution in [2.45, 2.75) is 13.0 Å². The molecule has 0 spiro atoms. The largest absolute Gasteiger partial charge is 0.307 e. The van der Waals surface area contributed by atoms with E-state index in [1.165, 1.54) is 12.1 Å². The maximum Gasteiger partial charge on any atom is 0.126 e. The first kappa shape index (κ1) is 14.4. The smallest absolute Gasteiger partial charge is 0.126 e. The summed E-state index contributed by atoms with van der Waals surface area (Å²) < 4.78 is 27.8. The van der Waals surface area contributed by atoms with Gasteiger partial charge in [0.1, 0.15) is 11.6 Å². The fourth-order valence-electron chi connectivity index (χ4n) is 2.06. The molecule has 100 valence electrons. The van der Waals surface area contributed by atoms with Crippen molar-refractivity contribution in [3.63, 3.8) is 0 Å². The van der Waals surface area contributed by atoms with Gasteiger partial charge in [-0.1, -0.05) is 19.1 Å². The second-order valence-corrected chi connectivity index (χ2v) is 5.49. The highest BCUT2D eigenvalue weighted by atomic mass is 127. The van der Waals surface area contributed by atoms with E-state index >= 15 is 0 Å². The van der Waals surface area contributed by atoms with Crippen LogP contribution in [0.5, 0.6) is 0 Å². The maximum absolute atomic E-state index is 13.4. The Labute approximate surface area is 125 Å². The molecule has 19 heavy (non-hydrogen) atoms. The monoisotopic (exact) mass is 373 g/mol. The van der Waals surface area contributed by atoms with Gasteiger partial charge in [0.2, 0.25) is 0 Å². The van der Waals surface area contributed by atoms with Gasteiger partial charge in [0.15, 0.2) is 0 Å². The van der Waals surface area contributed by atoms with Crippen LogP contribution in [0, 0.1) is 15.2 Å². The summed E-state index contributed by atoms with van der Waals surface area (Å²) in [4.78, 5) is 0. The van der Waals surface area contributed by atoms with Crippen LogP contribution in [0.15, 0.2) is 42.5 Å². The third kappa shape index (κ3) is 3.73. The van der Waals surface area contributed by atoms with Crippen LogP contribution in [0.3, 0.4) is 0 Å². The van der Waals surface area contributed by atoms with Crippen molar-refractivity contribution >= 4 is 22.6 Å². The van der Waals surface area contributed by atoms with Gasteiger partial charge in [-0.05, 0) is 64.5 Å². The highest BCUT2D eigenvalue weighted by molar-refractivity contribution is 14.1. The lowest BCUT2D eigenvalue weighted by Crippen LogP contribution is -2.22. The number of benzene rings is 2. The Balaban J connectivity index is 2.44. The zero-order valence-corrected chi connectivity index (χ0v) is 12.6. The number of hydrogen-bond acceptors (Lipinski definition) is 1. The van der Waals surface area contributed by atoms with Crippen LogP contribution in [0.2, 0.25) is 0 Å². The lowest BCUT2D eigenvalue weighted by atomic mass is 9.98. The molecular formula is C15H14F2IN. The Morgan fingerprint density at radius 1 is 1.05 bits per heavy atom. The Kier molecular flexibility index (Phi) is 4.87. The predicted octanol–water partition coefficient (Wildman–Crippen LogP) is 4.27. The Morgan fingerprint density at radius 2 is 1.74 bits per heavy atom. The number of nitrogens with one attached hydrogen (secondary N) is 1. The summed E-state index contributed by atoms with van der Waals surface area (Å²) in [6.45, 7) is 2.69. The SMILES string of the molecule is CCNC(c1cc(F)cc(F)c1)c1cccc(I)c1. The van der Waals surface area contributed by atoms with Gasteiger partial charge >= 0.3 is 0 Å². The molecule has 2 aromatic rings. The van der Waals surface area contributed by atoms with Gasteiger partial charge in [0.05, 0.1) is 6.04 Å². The Morgan fingerprint density at radius 3 is 2.32 bits per heavy atom. The van der Waals surface area contributed by atoms with E-state index in [-0.39, 0.29) is 6.04 Å². The van der Waals surface area contributed by atoms with Crippen LogP contribution >= 0.6 is 22.6 Å². The number of halogens is 3. The van der Waals surface area contributed by atoms with E-state index in [1.807, 2.05) is 31.2 Å². The van der Waals surface area contributed by atoms with Crippen molar-refractivity contribution in [2.75, 3.05) is 6.54 Å². The molecule has 1 unspecified atom stereocenters.